The van der Waals surface area contributed by atoms with Gasteiger partial charge in [0.2, 0.25) is 0 Å². The van der Waals surface area contributed by atoms with Crippen LogP contribution in [0, 0.1) is 13.8 Å². The van der Waals surface area contributed by atoms with Crippen molar-refractivity contribution >= 4 is 24.0 Å². The van der Waals surface area contributed by atoms with Gasteiger partial charge in [-0.3, -0.25) is 0 Å². The predicted octanol–water partition coefficient (Wildman–Crippen LogP) is 3.65. The molecule has 16 heavy (non-hydrogen) atoms. The van der Waals surface area contributed by atoms with Gasteiger partial charge in [-0.15, -0.1) is 24.0 Å². The summed E-state index contributed by atoms with van der Waals surface area (Å²) in [6.07, 6.45) is 0. The molecule has 0 radical (unpaired) electrons. The Kier molecular flexibility index (Phi) is 4.39. The minimum absolute atomic E-state index is 0. The van der Waals surface area contributed by atoms with Crippen molar-refractivity contribution in [3.8, 4) is 5.69 Å². The minimum Gasteiger partial charge on any atom is -0.238 e. The van der Waals surface area contributed by atoms with Crippen LogP contribution in [0.25, 0.3) is 5.69 Å². The van der Waals surface area contributed by atoms with Gasteiger partial charge in [0, 0.05) is 11.3 Å². The van der Waals surface area contributed by atoms with Crippen molar-refractivity contribution in [1.82, 2.24) is 9.78 Å². The van der Waals surface area contributed by atoms with Gasteiger partial charge in [0.05, 0.1) is 17.3 Å². The Bertz CT molecular complexity index is 463. The van der Waals surface area contributed by atoms with Crippen molar-refractivity contribution in [3.63, 3.8) is 0 Å². The van der Waals surface area contributed by atoms with Gasteiger partial charge in [-0.2, -0.15) is 5.10 Å². The molecule has 0 bridgehead atoms. The molecule has 0 unspecified atom stereocenters. The lowest BCUT2D eigenvalue weighted by Crippen LogP contribution is -1.98. The van der Waals surface area contributed by atoms with Crippen LogP contribution < -0.4 is 0 Å². The molecule has 0 amide bonds. The topological polar surface area (TPSA) is 17.8 Å². The largest absolute Gasteiger partial charge is 0.238 e. The maximum Gasteiger partial charge on any atom is 0.0648 e. The average Bonchev–Trinajstić information content (AvgIpc) is 2.55. The first-order valence-electron chi connectivity index (χ1n) is 4.90. The van der Waals surface area contributed by atoms with Crippen molar-refractivity contribution in [2.45, 2.75) is 19.7 Å². The molecule has 2 rings (SSSR count). The molecule has 0 fully saturated rings. The fourth-order valence-corrected chi connectivity index (χ4v) is 2.08. The molecule has 0 spiro atoms. The van der Waals surface area contributed by atoms with Crippen LogP contribution in [0.4, 0.5) is 0 Å². The highest BCUT2D eigenvalue weighted by Crippen LogP contribution is 2.18. The molecule has 0 saturated carbocycles. The van der Waals surface area contributed by atoms with Crippen molar-refractivity contribution in [1.29, 1.82) is 0 Å². The van der Waals surface area contributed by atoms with E-state index in [2.05, 4.69) is 5.10 Å². The lowest BCUT2D eigenvalue weighted by molar-refractivity contribution is 0.833. The predicted molar refractivity (Wildman–Crippen MR) is 69.8 cm³/mol. The fraction of sp³-hybridized carbons (Fsp3) is 0.250. The third-order valence-corrected chi connectivity index (χ3v) is 2.84. The summed E-state index contributed by atoms with van der Waals surface area (Å²) in [6, 6.07) is 10.1. The van der Waals surface area contributed by atoms with Crippen LogP contribution in [0.1, 0.15) is 17.0 Å². The molecule has 0 aliphatic carbocycles. The average molecular weight is 257 g/mol. The van der Waals surface area contributed by atoms with E-state index in [1.54, 1.807) is 0 Å². The zero-order valence-corrected chi connectivity index (χ0v) is 10.8. The zero-order valence-electron chi connectivity index (χ0n) is 9.27. The van der Waals surface area contributed by atoms with Crippen LogP contribution in [0.3, 0.4) is 0 Å². The van der Waals surface area contributed by atoms with Gasteiger partial charge >= 0.3 is 0 Å². The molecule has 0 aliphatic rings. The number of rotatable bonds is 2. The summed E-state index contributed by atoms with van der Waals surface area (Å²) in [5, 5.41) is 4.48. The van der Waals surface area contributed by atoms with Crippen molar-refractivity contribution < 1.29 is 0 Å². The second-order valence-electron chi connectivity index (χ2n) is 3.53. The molecule has 86 valence electrons. The van der Waals surface area contributed by atoms with E-state index in [4.69, 9.17) is 11.6 Å². The van der Waals surface area contributed by atoms with E-state index in [-0.39, 0.29) is 12.4 Å². The lowest BCUT2D eigenvalue weighted by Gasteiger charge is -2.03. The summed E-state index contributed by atoms with van der Waals surface area (Å²) in [5.74, 6) is 0.518. The summed E-state index contributed by atoms with van der Waals surface area (Å²) in [7, 11) is 0. The fourth-order valence-electron chi connectivity index (χ4n) is 1.69. The van der Waals surface area contributed by atoms with E-state index < -0.39 is 0 Å². The SMILES string of the molecule is Cc1nn(-c2ccccc2)c(C)c1CCl.Cl. The normalized spacial score (nSPS) is 9.94. The first kappa shape index (κ1) is 13.1. The lowest BCUT2D eigenvalue weighted by atomic mass is 10.2. The standard InChI is InChI=1S/C12H13ClN2.ClH/c1-9-12(8-13)10(2)15(14-9)11-6-4-3-5-7-11;/h3-7H,8H2,1-2H3;1H. The van der Waals surface area contributed by atoms with Gasteiger partial charge in [0.15, 0.2) is 0 Å². The molecule has 0 N–H and O–H groups in total. The molecule has 0 atom stereocenters. The number of para-hydroxylation sites is 1. The van der Waals surface area contributed by atoms with Gasteiger partial charge in [-0.1, -0.05) is 18.2 Å². The second-order valence-corrected chi connectivity index (χ2v) is 3.80. The molecule has 0 saturated heterocycles. The third kappa shape index (κ3) is 2.23. The molecule has 0 aliphatic heterocycles. The van der Waals surface area contributed by atoms with Crippen LogP contribution in [0.15, 0.2) is 30.3 Å². The van der Waals surface area contributed by atoms with Crippen molar-refractivity contribution in [3.05, 3.63) is 47.3 Å². The highest BCUT2D eigenvalue weighted by Gasteiger charge is 2.10. The quantitative estimate of drug-likeness (QED) is 0.751. The summed E-state index contributed by atoms with van der Waals surface area (Å²) in [4.78, 5) is 0. The number of alkyl halides is 1. The number of nitrogens with zero attached hydrogens (tertiary/aromatic N) is 2. The summed E-state index contributed by atoms with van der Waals surface area (Å²) in [5.41, 5.74) is 4.33. The molecule has 1 aromatic carbocycles. The zero-order chi connectivity index (χ0) is 10.8. The number of aromatic nitrogens is 2. The Balaban J connectivity index is 0.00000128. The Morgan fingerprint density at radius 2 is 1.81 bits per heavy atom. The van der Waals surface area contributed by atoms with Gasteiger partial charge in [-0.25, -0.2) is 4.68 Å². The molecular weight excluding hydrogens is 243 g/mol. The maximum atomic E-state index is 5.88. The van der Waals surface area contributed by atoms with Crippen LogP contribution in [-0.2, 0) is 5.88 Å². The summed E-state index contributed by atoms with van der Waals surface area (Å²) in [6.45, 7) is 4.04. The molecule has 1 heterocycles. The Labute approximate surface area is 107 Å². The van der Waals surface area contributed by atoms with E-state index in [0.717, 1.165) is 22.6 Å². The minimum atomic E-state index is 0. The monoisotopic (exact) mass is 256 g/mol. The summed E-state index contributed by atoms with van der Waals surface area (Å²) >= 11 is 5.88. The van der Waals surface area contributed by atoms with Crippen LogP contribution in [-0.4, -0.2) is 9.78 Å². The van der Waals surface area contributed by atoms with Gasteiger partial charge in [0.1, 0.15) is 0 Å². The first-order valence-corrected chi connectivity index (χ1v) is 5.44. The van der Waals surface area contributed by atoms with Crippen LogP contribution in [0.5, 0.6) is 0 Å². The Hall–Kier alpha value is -0.990. The highest BCUT2D eigenvalue weighted by atomic mass is 35.5. The number of benzene rings is 1. The second kappa shape index (κ2) is 5.37. The molecule has 2 nitrogen and oxygen atoms in total. The van der Waals surface area contributed by atoms with Gasteiger partial charge in [0.25, 0.3) is 0 Å². The van der Waals surface area contributed by atoms with Gasteiger partial charge < -0.3 is 0 Å². The van der Waals surface area contributed by atoms with Crippen LogP contribution >= 0.6 is 24.0 Å². The van der Waals surface area contributed by atoms with E-state index in [0.29, 0.717) is 5.88 Å². The number of aryl methyl sites for hydroxylation is 1. The number of halogens is 2. The van der Waals surface area contributed by atoms with Crippen molar-refractivity contribution in [2.75, 3.05) is 0 Å². The van der Waals surface area contributed by atoms with Gasteiger partial charge in [-0.05, 0) is 26.0 Å². The van der Waals surface area contributed by atoms with Crippen molar-refractivity contribution in [2.24, 2.45) is 0 Å². The smallest absolute Gasteiger partial charge is 0.0648 e. The number of hydrogen-bond acceptors (Lipinski definition) is 1. The highest BCUT2D eigenvalue weighted by molar-refractivity contribution is 6.17. The summed E-state index contributed by atoms with van der Waals surface area (Å²) < 4.78 is 1.94. The molecule has 2 aromatic rings. The van der Waals surface area contributed by atoms with Crippen LogP contribution in [0.2, 0.25) is 0 Å². The van der Waals surface area contributed by atoms with E-state index in [1.165, 1.54) is 0 Å². The molecular formula is C12H14Cl2N2. The Morgan fingerprint density at radius 3 is 2.31 bits per heavy atom. The van der Waals surface area contributed by atoms with E-state index in [9.17, 15) is 0 Å². The third-order valence-electron chi connectivity index (χ3n) is 2.58. The number of hydrogen-bond donors (Lipinski definition) is 0. The Morgan fingerprint density at radius 1 is 1.19 bits per heavy atom. The first-order chi connectivity index (χ1) is 7.24. The maximum absolute atomic E-state index is 5.88. The molecule has 4 heteroatoms. The van der Waals surface area contributed by atoms with E-state index >= 15 is 0 Å². The van der Waals surface area contributed by atoms with E-state index in [1.807, 2.05) is 48.9 Å². The molecule has 1 aromatic heterocycles.